The third-order valence-corrected chi connectivity index (χ3v) is 12.1. The largest absolute Gasteiger partial charge is 0.481 e. The molecule has 0 aliphatic carbocycles. The van der Waals surface area contributed by atoms with Gasteiger partial charge < -0.3 is 103 Å². The molecule has 0 saturated carbocycles. The van der Waals surface area contributed by atoms with Crippen LogP contribution < -0.4 is 77.4 Å². The van der Waals surface area contributed by atoms with E-state index in [9.17, 15) is 73.2 Å². The highest BCUT2D eigenvalue weighted by Gasteiger charge is 2.40. The number of likely N-dealkylation sites (tertiary alicyclic amines) is 1. The van der Waals surface area contributed by atoms with Gasteiger partial charge in [-0.05, 0) is 96.6 Å². The van der Waals surface area contributed by atoms with E-state index in [0.29, 0.717) is 25.7 Å². The molecule has 32 nitrogen and oxygen atoms in total. The number of carboxylic acid groups (broad SMARTS) is 3. The zero-order valence-electron chi connectivity index (χ0n) is 42.9. The van der Waals surface area contributed by atoms with Gasteiger partial charge in [0.2, 0.25) is 47.3 Å². The normalized spacial score (nSPS) is 16.0. The number of nitrogens with two attached hydrogens (primary N) is 7. The van der Waals surface area contributed by atoms with Crippen molar-refractivity contribution in [1.29, 1.82) is 0 Å². The van der Waals surface area contributed by atoms with Gasteiger partial charge in [-0.15, -0.1) is 0 Å². The standard InChI is InChI=1S/C44H79N17O15S/c45-15-3-1-8-24(36(69)59-29(20-33(65)66)38(71)58-28(42(75)76)11-6-18-53-44(50)51)55-35(68)25(9-2-4-16-46)56-40(73)31-12-7-19-61(31)41(74)27(10-5-17-52-43(48)49)57-39(72)30(22-77)60-37(70)26(13-14-32(63)64)54-34(67)23(47)21-62/h23-31,62,77H,1-22,45-47H2,(H,54,67)(H,55,68)(H,56,73)(H,57,72)(H,58,71)(H,59,69)(H,60,70)(H,63,64)(H,65,66)(H,75,76)(H4,48,49,52)(H4,50,51,53)/t23-,24-,25-,26-,27-,28-,29-,30-,31-/m0/s1. The van der Waals surface area contributed by atoms with Crippen molar-refractivity contribution in [1.82, 2.24) is 42.1 Å². The molecule has 0 radical (unpaired) electrons. The van der Waals surface area contributed by atoms with Gasteiger partial charge in [0, 0.05) is 31.8 Å². The fourth-order valence-corrected chi connectivity index (χ4v) is 7.91. The second-order valence-electron chi connectivity index (χ2n) is 17.9. The third kappa shape index (κ3) is 26.5. The van der Waals surface area contributed by atoms with Crippen molar-refractivity contribution in [3.05, 3.63) is 0 Å². The SMILES string of the molecule is NCCCC[C@H](NC(=O)[C@H](CCCCN)NC(=O)[C@@H]1CCCN1C(=O)[C@H](CCCN=C(N)N)NC(=O)[C@H](CS)NC(=O)[C@H](CCC(=O)O)NC(=O)[C@@H](N)CO)C(=O)N[C@@H](CC(=O)O)C(=O)N[C@@H](CCCN=C(N)N)C(=O)O. The van der Waals surface area contributed by atoms with Gasteiger partial charge >= 0.3 is 17.9 Å². The molecule has 9 atom stereocenters. The minimum absolute atomic E-state index is 0.00573. The molecule has 0 aromatic rings. The van der Waals surface area contributed by atoms with Gasteiger partial charge in [0.25, 0.3) is 0 Å². The van der Waals surface area contributed by atoms with E-state index in [-0.39, 0.29) is 102 Å². The molecule has 436 valence electrons. The van der Waals surface area contributed by atoms with Gasteiger partial charge in [-0.2, -0.15) is 12.6 Å². The molecule has 25 N–H and O–H groups in total. The number of aliphatic hydroxyl groups excluding tert-OH is 1. The number of aliphatic carboxylic acids is 3. The Kier molecular flexibility index (Phi) is 32.5. The highest BCUT2D eigenvalue weighted by atomic mass is 32.1. The maximum atomic E-state index is 14.4. The van der Waals surface area contributed by atoms with Crippen LogP contribution in [0.4, 0.5) is 0 Å². The summed E-state index contributed by atoms with van der Waals surface area (Å²) in [6.45, 7) is -0.363. The van der Waals surface area contributed by atoms with Crippen LogP contribution in [0.2, 0.25) is 0 Å². The van der Waals surface area contributed by atoms with Crippen LogP contribution in [0, 0.1) is 0 Å². The molecule has 0 bridgehead atoms. The van der Waals surface area contributed by atoms with Gasteiger partial charge in [-0.25, -0.2) is 4.79 Å². The first-order valence-corrected chi connectivity index (χ1v) is 25.6. The lowest BCUT2D eigenvalue weighted by Crippen LogP contribution is -2.60. The molecule has 1 saturated heterocycles. The zero-order valence-corrected chi connectivity index (χ0v) is 43.8. The van der Waals surface area contributed by atoms with Crippen molar-refractivity contribution >= 4 is 89.7 Å². The Hall–Kier alpha value is -7.10. The molecule has 0 aromatic carbocycles. The van der Waals surface area contributed by atoms with E-state index >= 15 is 0 Å². The number of guanidine groups is 2. The zero-order chi connectivity index (χ0) is 58.2. The van der Waals surface area contributed by atoms with Crippen LogP contribution in [0.15, 0.2) is 9.98 Å². The molecule has 1 aliphatic rings. The highest BCUT2D eigenvalue weighted by molar-refractivity contribution is 7.80. The Morgan fingerprint density at radius 3 is 1.45 bits per heavy atom. The minimum Gasteiger partial charge on any atom is -0.481 e. The molecule has 8 amide bonds. The van der Waals surface area contributed by atoms with Crippen LogP contribution in [0.3, 0.4) is 0 Å². The molecule has 1 rings (SSSR count). The predicted molar refractivity (Wildman–Crippen MR) is 280 cm³/mol. The highest BCUT2D eigenvalue weighted by Crippen LogP contribution is 2.21. The van der Waals surface area contributed by atoms with Crippen molar-refractivity contribution < 1.29 is 73.2 Å². The van der Waals surface area contributed by atoms with Gasteiger partial charge in [0.1, 0.15) is 54.4 Å². The van der Waals surface area contributed by atoms with E-state index in [4.69, 9.17) is 40.1 Å². The molecule has 33 heteroatoms. The number of amides is 8. The number of carboxylic acids is 3. The smallest absolute Gasteiger partial charge is 0.326 e. The van der Waals surface area contributed by atoms with E-state index in [1.807, 2.05) is 0 Å². The van der Waals surface area contributed by atoms with E-state index in [1.54, 1.807) is 0 Å². The van der Waals surface area contributed by atoms with Crippen molar-refractivity contribution in [2.24, 2.45) is 50.1 Å². The predicted octanol–water partition coefficient (Wildman–Crippen LogP) is -7.59. The summed E-state index contributed by atoms with van der Waals surface area (Å²) >= 11 is 4.18. The second kappa shape index (κ2) is 36.8. The lowest BCUT2D eigenvalue weighted by Gasteiger charge is -2.31. The molecular weight excluding hydrogens is 1040 g/mol. The van der Waals surface area contributed by atoms with Crippen LogP contribution in [0.25, 0.3) is 0 Å². The maximum Gasteiger partial charge on any atom is 0.326 e. The number of carbonyl (C=O) groups is 11. The quantitative estimate of drug-likeness (QED) is 0.0118. The Bertz CT molecular complexity index is 2060. The number of aliphatic hydroxyl groups is 1. The Morgan fingerprint density at radius 1 is 0.545 bits per heavy atom. The number of hydrogen-bond acceptors (Lipinski definition) is 18. The van der Waals surface area contributed by atoms with Crippen LogP contribution in [0.5, 0.6) is 0 Å². The summed E-state index contributed by atoms with van der Waals surface area (Å²) in [6.07, 6.45) is -0.463. The Balaban J connectivity index is 3.48. The number of hydrogen-bond donors (Lipinski definition) is 19. The Labute approximate surface area is 449 Å². The van der Waals surface area contributed by atoms with Crippen LogP contribution in [0.1, 0.15) is 96.3 Å². The lowest BCUT2D eigenvalue weighted by atomic mass is 10.0. The van der Waals surface area contributed by atoms with Crippen LogP contribution in [-0.4, -0.2) is 202 Å². The molecule has 1 aliphatic heterocycles. The Morgan fingerprint density at radius 2 is 0.974 bits per heavy atom. The summed E-state index contributed by atoms with van der Waals surface area (Å²) in [6, 6.07) is -13.2. The number of nitrogens with one attached hydrogen (secondary N) is 7. The van der Waals surface area contributed by atoms with E-state index in [1.165, 1.54) is 4.90 Å². The summed E-state index contributed by atoms with van der Waals surface area (Å²) in [4.78, 5) is 154. The monoisotopic (exact) mass is 1120 g/mol. The summed E-state index contributed by atoms with van der Waals surface area (Å²) in [5.74, 6) is -12.7. The second-order valence-corrected chi connectivity index (χ2v) is 18.3. The number of aliphatic imine (C=N–C) groups is 2. The van der Waals surface area contributed by atoms with E-state index < -0.39 is 145 Å². The molecule has 1 fully saturated rings. The van der Waals surface area contributed by atoms with Gasteiger partial charge in [0.05, 0.1) is 13.0 Å². The first kappa shape index (κ1) is 67.9. The molecule has 0 unspecified atom stereocenters. The van der Waals surface area contributed by atoms with Crippen molar-refractivity contribution in [2.75, 3.05) is 45.1 Å². The fraction of sp³-hybridized carbons (Fsp3) is 0.705. The van der Waals surface area contributed by atoms with E-state index in [2.05, 4.69) is 59.8 Å². The maximum absolute atomic E-state index is 14.4. The third-order valence-electron chi connectivity index (χ3n) is 11.8. The van der Waals surface area contributed by atoms with Crippen molar-refractivity contribution in [2.45, 2.75) is 151 Å². The summed E-state index contributed by atoms with van der Waals surface area (Å²) < 4.78 is 0. The summed E-state index contributed by atoms with van der Waals surface area (Å²) in [5.41, 5.74) is 38.5. The van der Waals surface area contributed by atoms with Gasteiger partial charge in [0.15, 0.2) is 11.9 Å². The average molecular weight is 1120 g/mol. The fourth-order valence-electron chi connectivity index (χ4n) is 7.65. The number of carbonyl (C=O) groups excluding carboxylic acids is 8. The minimum atomic E-state index is -1.82. The van der Waals surface area contributed by atoms with Gasteiger partial charge in [-0.1, -0.05) is 0 Å². The topological polar surface area (TPSA) is 563 Å². The molecular formula is C44H79N17O15S. The van der Waals surface area contributed by atoms with Crippen molar-refractivity contribution in [3.63, 3.8) is 0 Å². The number of thiol groups is 1. The molecule has 1 heterocycles. The molecule has 0 aromatic heterocycles. The number of unbranched alkanes of at least 4 members (excludes halogenated alkanes) is 2. The summed E-state index contributed by atoms with van der Waals surface area (Å²) in [7, 11) is 0. The average Bonchev–Trinajstić information content (AvgIpc) is 3.87. The number of rotatable bonds is 39. The molecule has 77 heavy (non-hydrogen) atoms. The first-order chi connectivity index (χ1) is 36.4. The van der Waals surface area contributed by atoms with Crippen LogP contribution >= 0.6 is 12.6 Å². The molecule has 0 spiro atoms. The summed E-state index contributed by atoms with van der Waals surface area (Å²) in [5, 5.41) is 54.8. The number of nitrogens with zero attached hydrogens (tertiary/aromatic N) is 3. The van der Waals surface area contributed by atoms with E-state index in [0.717, 1.165) is 0 Å². The van der Waals surface area contributed by atoms with Crippen molar-refractivity contribution in [3.8, 4) is 0 Å². The van der Waals surface area contributed by atoms with Gasteiger partial charge in [-0.3, -0.25) is 57.9 Å². The lowest BCUT2D eigenvalue weighted by molar-refractivity contribution is -0.144. The first-order valence-electron chi connectivity index (χ1n) is 25.0. The van der Waals surface area contributed by atoms with Crippen LogP contribution in [-0.2, 0) is 52.7 Å².